The van der Waals surface area contributed by atoms with E-state index in [9.17, 15) is 0 Å². The Balaban J connectivity index is 2.68. The van der Waals surface area contributed by atoms with Crippen molar-refractivity contribution in [1.29, 1.82) is 0 Å². The summed E-state index contributed by atoms with van der Waals surface area (Å²) in [5.41, 5.74) is 5.66. The van der Waals surface area contributed by atoms with Crippen molar-refractivity contribution in [2.24, 2.45) is 11.7 Å². The van der Waals surface area contributed by atoms with E-state index in [1.165, 1.54) is 0 Å². The Labute approximate surface area is 97.6 Å². The highest BCUT2D eigenvalue weighted by Gasteiger charge is 2.13. The average molecular weight is 223 g/mol. The lowest BCUT2D eigenvalue weighted by Crippen LogP contribution is -2.31. The number of benzene rings is 1. The van der Waals surface area contributed by atoms with E-state index in [2.05, 4.69) is 13.8 Å². The minimum atomic E-state index is 0.0527. The maximum absolute atomic E-state index is 5.81. The summed E-state index contributed by atoms with van der Waals surface area (Å²) in [6.45, 7) is 7.35. The first-order valence-corrected chi connectivity index (χ1v) is 5.77. The minimum absolute atomic E-state index is 0.0527. The van der Waals surface area contributed by atoms with Crippen molar-refractivity contribution in [3.05, 3.63) is 24.3 Å². The van der Waals surface area contributed by atoms with Gasteiger partial charge in [-0.05, 0) is 25.0 Å². The van der Waals surface area contributed by atoms with Gasteiger partial charge in [0.2, 0.25) is 0 Å². The van der Waals surface area contributed by atoms with E-state index in [-0.39, 0.29) is 6.10 Å². The molecule has 0 saturated carbocycles. The molecule has 0 fully saturated rings. The van der Waals surface area contributed by atoms with Crippen LogP contribution in [0, 0.1) is 5.92 Å². The van der Waals surface area contributed by atoms with Crippen LogP contribution in [-0.4, -0.2) is 19.3 Å². The average Bonchev–Trinajstić information content (AvgIpc) is 2.26. The molecule has 90 valence electrons. The van der Waals surface area contributed by atoms with Crippen molar-refractivity contribution in [1.82, 2.24) is 0 Å². The topological polar surface area (TPSA) is 44.5 Å². The van der Waals surface area contributed by atoms with Crippen LogP contribution in [0.15, 0.2) is 24.3 Å². The summed E-state index contributed by atoms with van der Waals surface area (Å²) < 4.78 is 11.2. The van der Waals surface area contributed by atoms with Crippen molar-refractivity contribution < 1.29 is 9.47 Å². The van der Waals surface area contributed by atoms with Crippen LogP contribution in [-0.2, 0) is 0 Å². The van der Waals surface area contributed by atoms with Crippen molar-refractivity contribution in [2.75, 3.05) is 13.2 Å². The summed E-state index contributed by atoms with van der Waals surface area (Å²) in [6.07, 6.45) is 0.0527. The van der Waals surface area contributed by atoms with E-state index in [1.807, 2.05) is 31.2 Å². The molecule has 0 heterocycles. The van der Waals surface area contributed by atoms with Gasteiger partial charge in [0.25, 0.3) is 0 Å². The highest BCUT2D eigenvalue weighted by molar-refractivity contribution is 5.33. The third-order valence-electron chi connectivity index (χ3n) is 2.38. The van der Waals surface area contributed by atoms with E-state index < -0.39 is 0 Å². The smallest absolute Gasteiger partial charge is 0.123 e. The van der Waals surface area contributed by atoms with Gasteiger partial charge in [0.05, 0.1) is 6.61 Å². The standard InChI is InChI=1S/C13H21NO2/c1-4-15-11-6-5-7-12(8-11)16-13(9-14)10(2)3/h5-8,10,13H,4,9,14H2,1-3H3. The molecule has 16 heavy (non-hydrogen) atoms. The van der Waals surface area contributed by atoms with E-state index in [1.54, 1.807) is 0 Å². The predicted molar refractivity (Wildman–Crippen MR) is 65.9 cm³/mol. The zero-order valence-electron chi connectivity index (χ0n) is 10.3. The fraction of sp³-hybridized carbons (Fsp3) is 0.538. The highest BCUT2D eigenvalue weighted by Crippen LogP contribution is 2.21. The van der Waals surface area contributed by atoms with Crippen LogP contribution >= 0.6 is 0 Å². The minimum Gasteiger partial charge on any atom is -0.494 e. The number of hydrogen-bond donors (Lipinski definition) is 1. The first-order valence-electron chi connectivity index (χ1n) is 5.77. The molecule has 1 atom stereocenters. The lowest BCUT2D eigenvalue weighted by molar-refractivity contribution is 0.158. The molecule has 0 aromatic heterocycles. The maximum Gasteiger partial charge on any atom is 0.123 e. The summed E-state index contributed by atoms with van der Waals surface area (Å²) in [4.78, 5) is 0. The number of hydrogen-bond acceptors (Lipinski definition) is 3. The number of nitrogens with two attached hydrogens (primary N) is 1. The fourth-order valence-corrected chi connectivity index (χ4v) is 1.44. The monoisotopic (exact) mass is 223 g/mol. The SMILES string of the molecule is CCOc1cccc(OC(CN)C(C)C)c1. The Hall–Kier alpha value is -1.22. The van der Waals surface area contributed by atoms with Gasteiger partial charge < -0.3 is 15.2 Å². The van der Waals surface area contributed by atoms with Crippen molar-refractivity contribution in [3.63, 3.8) is 0 Å². The van der Waals surface area contributed by atoms with E-state index in [0.717, 1.165) is 11.5 Å². The van der Waals surface area contributed by atoms with Crippen LogP contribution in [0.4, 0.5) is 0 Å². The van der Waals surface area contributed by atoms with Gasteiger partial charge in [0.15, 0.2) is 0 Å². The molecule has 0 spiro atoms. The zero-order chi connectivity index (χ0) is 12.0. The second-order valence-corrected chi connectivity index (χ2v) is 4.04. The Bertz CT molecular complexity index is 313. The normalized spacial score (nSPS) is 12.6. The van der Waals surface area contributed by atoms with Gasteiger partial charge in [-0.15, -0.1) is 0 Å². The van der Waals surface area contributed by atoms with Crippen LogP contribution in [0.3, 0.4) is 0 Å². The molecule has 0 aliphatic heterocycles. The Morgan fingerprint density at radius 3 is 2.50 bits per heavy atom. The van der Waals surface area contributed by atoms with Gasteiger partial charge in [0, 0.05) is 12.6 Å². The van der Waals surface area contributed by atoms with Gasteiger partial charge in [-0.1, -0.05) is 19.9 Å². The van der Waals surface area contributed by atoms with Crippen molar-refractivity contribution >= 4 is 0 Å². The first kappa shape index (κ1) is 12.8. The van der Waals surface area contributed by atoms with Crippen LogP contribution in [0.1, 0.15) is 20.8 Å². The quantitative estimate of drug-likeness (QED) is 0.805. The van der Waals surface area contributed by atoms with Crippen LogP contribution in [0.2, 0.25) is 0 Å². The number of rotatable bonds is 6. The third kappa shape index (κ3) is 3.74. The second-order valence-electron chi connectivity index (χ2n) is 4.04. The first-order chi connectivity index (χ1) is 7.67. The van der Waals surface area contributed by atoms with Gasteiger partial charge in [0.1, 0.15) is 17.6 Å². The lowest BCUT2D eigenvalue weighted by atomic mass is 10.1. The molecule has 0 radical (unpaired) electrons. The van der Waals surface area contributed by atoms with Gasteiger partial charge in [-0.25, -0.2) is 0 Å². The van der Waals surface area contributed by atoms with E-state index in [4.69, 9.17) is 15.2 Å². The highest BCUT2D eigenvalue weighted by atomic mass is 16.5. The molecular weight excluding hydrogens is 202 g/mol. The zero-order valence-corrected chi connectivity index (χ0v) is 10.3. The molecule has 1 aromatic rings. The molecule has 1 unspecified atom stereocenters. The van der Waals surface area contributed by atoms with Gasteiger partial charge in [-0.3, -0.25) is 0 Å². The molecule has 3 heteroatoms. The lowest BCUT2D eigenvalue weighted by Gasteiger charge is -2.21. The predicted octanol–water partition coefficient (Wildman–Crippen LogP) is 2.45. The molecule has 0 aliphatic carbocycles. The Kier molecular flexibility index (Phi) is 5.12. The Morgan fingerprint density at radius 1 is 1.25 bits per heavy atom. The molecule has 2 N–H and O–H groups in total. The summed E-state index contributed by atoms with van der Waals surface area (Å²) >= 11 is 0. The largest absolute Gasteiger partial charge is 0.494 e. The molecule has 0 bridgehead atoms. The van der Waals surface area contributed by atoms with Crippen molar-refractivity contribution in [2.45, 2.75) is 26.9 Å². The van der Waals surface area contributed by atoms with Crippen LogP contribution in [0.25, 0.3) is 0 Å². The number of ether oxygens (including phenoxy) is 2. The third-order valence-corrected chi connectivity index (χ3v) is 2.38. The summed E-state index contributed by atoms with van der Waals surface area (Å²) in [5.74, 6) is 2.05. The summed E-state index contributed by atoms with van der Waals surface area (Å²) in [7, 11) is 0. The maximum atomic E-state index is 5.81. The molecule has 1 aromatic carbocycles. The Morgan fingerprint density at radius 2 is 1.94 bits per heavy atom. The van der Waals surface area contributed by atoms with E-state index >= 15 is 0 Å². The molecule has 0 saturated heterocycles. The van der Waals surface area contributed by atoms with E-state index in [0.29, 0.717) is 19.1 Å². The van der Waals surface area contributed by atoms with Gasteiger partial charge >= 0.3 is 0 Å². The molecule has 0 amide bonds. The molecule has 3 nitrogen and oxygen atoms in total. The molecule has 1 rings (SSSR count). The van der Waals surface area contributed by atoms with Crippen LogP contribution < -0.4 is 15.2 Å². The molecular formula is C13H21NO2. The van der Waals surface area contributed by atoms with Crippen molar-refractivity contribution in [3.8, 4) is 11.5 Å². The molecule has 0 aliphatic rings. The summed E-state index contributed by atoms with van der Waals surface area (Å²) in [6, 6.07) is 7.67. The summed E-state index contributed by atoms with van der Waals surface area (Å²) in [5, 5.41) is 0. The fourth-order valence-electron chi connectivity index (χ4n) is 1.44. The van der Waals surface area contributed by atoms with Crippen LogP contribution in [0.5, 0.6) is 11.5 Å². The second kappa shape index (κ2) is 6.38. The van der Waals surface area contributed by atoms with Gasteiger partial charge in [-0.2, -0.15) is 0 Å².